The number of ether oxygens (including phenoxy) is 1. The van der Waals surface area contributed by atoms with E-state index in [1.54, 1.807) is 18.2 Å². The molecule has 1 N–H and O–H groups in total. The molecule has 1 aliphatic rings. The van der Waals surface area contributed by atoms with Gasteiger partial charge in [0.25, 0.3) is 5.91 Å². The largest absolute Gasteiger partial charge is 0.483 e. The van der Waals surface area contributed by atoms with E-state index < -0.39 is 0 Å². The van der Waals surface area contributed by atoms with Crippen molar-refractivity contribution in [3.63, 3.8) is 0 Å². The second kappa shape index (κ2) is 8.59. The van der Waals surface area contributed by atoms with Crippen LogP contribution >= 0.6 is 27.5 Å². The number of carbonyl (C=O) groups is 1. The summed E-state index contributed by atoms with van der Waals surface area (Å²) in [5.74, 6) is 0.382. The Balaban J connectivity index is 1.52. The summed E-state index contributed by atoms with van der Waals surface area (Å²) < 4.78 is 6.24. The van der Waals surface area contributed by atoms with Crippen molar-refractivity contribution in [3.8, 4) is 5.75 Å². The summed E-state index contributed by atoms with van der Waals surface area (Å²) in [4.78, 5) is 14.4. The van der Waals surface area contributed by atoms with Crippen molar-refractivity contribution >= 4 is 44.8 Å². The third-order valence-corrected chi connectivity index (χ3v) is 4.98. The number of piperidine rings is 1. The van der Waals surface area contributed by atoms with E-state index >= 15 is 0 Å². The summed E-state index contributed by atoms with van der Waals surface area (Å²) >= 11 is 9.25. The van der Waals surface area contributed by atoms with Gasteiger partial charge in [-0.1, -0.05) is 11.6 Å². The van der Waals surface area contributed by atoms with Gasteiger partial charge in [-0.2, -0.15) is 0 Å². The third-order valence-electron chi connectivity index (χ3n) is 4.12. The van der Waals surface area contributed by atoms with Crippen LogP contribution in [0.2, 0.25) is 5.02 Å². The van der Waals surface area contributed by atoms with Crippen LogP contribution in [-0.2, 0) is 4.79 Å². The fraction of sp³-hybridized carbons (Fsp3) is 0.316. The van der Waals surface area contributed by atoms with Gasteiger partial charge in [0.05, 0.1) is 4.47 Å². The van der Waals surface area contributed by atoms with Gasteiger partial charge in [0.1, 0.15) is 5.75 Å². The summed E-state index contributed by atoms with van der Waals surface area (Å²) in [5, 5.41) is 3.46. The van der Waals surface area contributed by atoms with E-state index in [2.05, 4.69) is 38.3 Å². The molecule has 25 heavy (non-hydrogen) atoms. The van der Waals surface area contributed by atoms with E-state index in [4.69, 9.17) is 16.3 Å². The number of hydrogen-bond acceptors (Lipinski definition) is 3. The van der Waals surface area contributed by atoms with Crippen LogP contribution in [0.1, 0.15) is 19.3 Å². The molecule has 0 spiro atoms. The molecule has 132 valence electrons. The number of carbonyl (C=O) groups excluding carboxylic acids is 1. The Morgan fingerprint density at radius 3 is 2.52 bits per heavy atom. The van der Waals surface area contributed by atoms with E-state index in [-0.39, 0.29) is 12.5 Å². The van der Waals surface area contributed by atoms with Crippen molar-refractivity contribution in [1.82, 2.24) is 0 Å². The van der Waals surface area contributed by atoms with E-state index in [1.807, 2.05) is 12.1 Å². The van der Waals surface area contributed by atoms with Crippen LogP contribution in [0.5, 0.6) is 5.75 Å². The highest BCUT2D eigenvalue weighted by molar-refractivity contribution is 9.10. The average Bonchev–Trinajstić information content (AvgIpc) is 2.62. The molecule has 0 atom stereocenters. The molecule has 1 heterocycles. The van der Waals surface area contributed by atoms with E-state index in [0.717, 1.165) is 23.2 Å². The first kappa shape index (κ1) is 18.1. The Bertz CT molecular complexity index is 731. The molecule has 1 fully saturated rings. The van der Waals surface area contributed by atoms with Gasteiger partial charge in [-0.25, -0.2) is 0 Å². The maximum absolute atomic E-state index is 12.1. The Morgan fingerprint density at radius 2 is 1.84 bits per heavy atom. The predicted molar refractivity (Wildman–Crippen MR) is 106 cm³/mol. The van der Waals surface area contributed by atoms with Crippen LogP contribution in [0.25, 0.3) is 0 Å². The predicted octanol–water partition coefficient (Wildman–Crippen LogP) is 5.11. The molecule has 0 unspecified atom stereocenters. The minimum Gasteiger partial charge on any atom is -0.483 e. The maximum Gasteiger partial charge on any atom is 0.262 e. The van der Waals surface area contributed by atoms with Gasteiger partial charge < -0.3 is 15.0 Å². The average molecular weight is 424 g/mol. The van der Waals surface area contributed by atoms with Gasteiger partial charge in [0, 0.05) is 29.5 Å². The first-order valence-corrected chi connectivity index (χ1v) is 9.51. The third kappa shape index (κ3) is 5.13. The fourth-order valence-corrected chi connectivity index (χ4v) is 3.64. The SMILES string of the molecule is O=C(COc1ccc(Cl)cc1Br)Nc1ccc(N2CCCCC2)cc1. The monoisotopic (exact) mass is 422 g/mol. The zero-order valence-corrected chi connectivity index (χ0v) is 16.1. The maximum atomic E-state index is 12.1. The molecule has 4 nitrogen and oxygen atoms in total. The zero-order valence-electron chi connectivity index (χ0n) is 13.8. The van der Waals surface area contributed by atoms with Crippen LogP contribution < -0.4 is 15.0 Å². The summed E-state index contributed by atoms with van der Waals surface area (Å²) in [6.45, 7) is 2.15. The van der Waals surface area contributed by atoms with Gasteiger partial charge >= 0.3 is 0 Å². The molecule has 2 aromatic rings. The molecule has 6 heteroatoms. The lowest BCUT2D eigenvalue weighted by molar-refractivity contribution is -0.118. The number of nitrogens with zero attached hydrogens (tertiary/aromatic N) is 1. The number of amides is 1. The molecule has 0 aliphatic carbocycles. The smallest absolute Gasteiger partial charge is 0.262 e. The lowest BCUT2D eigenvalue weighted by atomic mass is 10.1. The molecule has 3 rings (SSSR count). The second-order valence-electron chi connectivity index (χ2n) is 6.01. The van der Waals surface area contributed by atoms with Gasteiger partial charge in [0.15, 0.2) is 6.61 Å². The zero-order chi connectivity index (χ0) is 17.6. The minimum absolute atomic E-state index is 0.0614. The number of benzene rings is 2. The van der Waals surface area contributed by atoms with E-state index in [9.17, 15) is 4.79 Å². The lowest BCUT2D eigenvalue weighted by Crippen LogP contribution is -2.29. The Morgan fingerprint density at radius 1 is 1.12 bits per heavy atom. The van der Waals surface area contributed by atoms with Crippen molar-refractivity contribution in [3.05, 3.63) is 52.0 Å². The highest BCUT2D eigenvalue weighted by Crippen LogP contribution is 2.28. The molecule has 2 aromatic carbocycles. The summed E-state index contributed by atoms with van der Waals surface area (Å²) in [7, 11) is 0. The number of rotatable bonds is 5. The topological polar surface area (TPSA) is 41.6 Å². The molecule has 0 saturated carbocycles. The Labute approximate surface area is 161 Å². The van der Waals surface area contributed by atoms with Crippen LogP contribution in [0.15, 0.2) is 46.9 Å². The van der Waals surface area contributed by atoms with Crippen molar-refractivity contribution in [1.29, 1.82) is 0 Å². The second-order valence-corrected chi connectivity index (χ2v) is 7.30. The number of anilines is 2. The number of halogens is 2. The first-order chi connectivity index (χ1) is 12.1. The quantitative estimate of drug-likeness (QED) is 0.726. The van der Waals surface area contributed by atoms with Crippen LogP contribution in [0.4, 0.5) is 11.4 Å². The Hall–Kier alpha value is -1.72. The van der Waals surface area contributed by atoms with Crippen molar-refractivity contribution in [2.45, 2.75) is 19.3 Å². The van der Waals surface area contributed by atoms with Gasteiger partial charge in [0.2, 0.25) is 0 Å². The van der Waals surface area contributed by atoms with Crippen molar-refractivity contribution < 1.29 is 9.53 Å². The van der Waals surface area contributed by atoms with Gasteiger partial charge in [-0.05, 0) is 77.7 Å². The molecular weight excluding hydrogens is 404 g/mol. The molecule has 0 radical (unpaired) electrons. The van der Waals surface area contributed by atoms with Crippen LogP contribution in [0.3, 0.4) is 0 Å². The van der Waals surface area contributed by atoms with Crippen molar-refractivity contribution in [2.24, 2.45) is 0 Å². The van der Waals surface area contributed by atoms with E-state index in [0.29, 0.717) is 10.8 Å². The van der Waals surface area contributed by atoms with Gasteiger partial charge in [-0.15, -0.1) is 0 Å². The normalized spacial score (nSPS) is 14.2. The van der Waals surface area contributed by atoms with Crippen LogP contribution in [0, 0.1) is 0 Å². The minimum atomic E-state index is -0.201. The summed E-state index contributed by atoms with van der Waals surface area (Å²) in [6.07, 6.45) is 3.81. The van der Waals surface area contributed by atoms with Gasteiger partial charge in [-0.3, -0.25) is 4.79 Å². The number of nitrogens with one attached hydrogen (secondary N) is 1. The summed E-state index contributed by atoms with van der Waals surface area (Å²) in [5.41, 5.74) is 1.98. The highest BCUT2D eigenvalue weighted by Gasteiger charge is 2.11. The first-order valence-electron chi connectivity index (χ1n) is 8.34. The molecule has 1 amide bonds. The van der Waals surface area contributed by atoms with Crippen molar-refractivity contribution in [2.75, 3.05) is 29.9 Å². The molecule has 0 bridgehead atoms. The molecular formula is C19H20BrClN2O2. The lowest BCUT2D eigenvalue weighted by Gasteiger charge is -2.28. The molecule has 1 aliphatic heterocycles. The van der Waals surface area contributed by atoms with E-state index in [1.165, 1.54) is 24.9 Å². The summed E-state index contributed by atoms with van der Waals surface area (Å²) in [6, 6.07) is 13.1. The number of hydrogen-bond donors (Lipinski definition) is 1. The van der Waals surface area contributed by atoms with Crippen LogP contribution in [-0.4, -0.2) is 25.6 Å². The standard InChI is InChI=1S/C19H20BrClN2O2/c20-17-12-14(21)4-9-18(17)25-13-19(24)22-15-5-7-16(8-6-15)23-10-2-1-3-11-23/h4-9,12H,1-3,10-11,13H2,(H,22,24). The highest BCUT2D eigenvalue weighted by atomic mass is 79.9. The molecule has 0 aromatic heterocycles. The fourth-order valence-electron chi connectivity index (χ4n) is 2.84. The Kier molecular flexibility index (Phi) is 6.21. The molecule has 1 saturated heterocycles.